The molecule has 0 N–H and O–H groups in total. The molecule has 1 heterocycles. The van der Waals surface area contributed by atoms with E-state index in [4.69, 9.17) is 0 Å². The van der Waals surface area contributed by atoms with E-state index in [1.807, 2.05) is 13.1 Å². The zero-order chi connectivity index (χ0) is 10.6. The van der Waals surface area contributed by atoms with E-state index in [9.17, 15) is 4.79 Å². The van der Waals surface area contributed by atoms with Crippen molar-refractivity contribution in [1.29, 1.82) is 0 Å². The molecule has 0 aromatic carbocycles. The van der Waals surface area contributed by atoms with E-state index < -0.39 is 0 Å². The summed E-state index contributed by atoms with van der Waals surface area (Å²) in [5.41, 5.74) is 0. The van der Waals surface area contributed by atoms with Gasteiger partial charge in [-0.1, -0.05) is 6.07 Å². The van der Waals surface area contributed by atoms with Crippen LogP contribution in [0.1, 0.15) is 11.8 Å². The Bertz CT molecular complexity index is 282. The molecule has 1 unspecified atom stereocenters. The van der Waals surface area contributed by atoms with Gasteiger partial charge in [0.2, 0.25) is 5.91 Å². The van der Waals surface area contributed by atoms with Gasteiger partial charge in [-0.3, -0.25) is 4.79 Å². The van der Waals surface area contributed by atoms with E-state index in [0.29, 0.717) is 0 Å². The summed E-state index contributed by atoms with van der Waals surface area (Å²) in [5, 5.41) is 1.85. The van der Waals surface area contributed by atoms with Gasteiger partial charge in [-0.25, -0.2) is 0 Å². The highest BCUT2D eigenvalue weighted by molar-refractivity contribution is 7.81. The Morgan fingerprint density at radius 3 is 2.93 bits per heavy atom. The molecule has 0 saturated carbocycles. The van der Waals surface area contributed by atoms with Crippen LogP contribution in [-0.4, -0.2) is 29.6 Å². The van der Waals surface area contributed by atoms with Crippen LogP contribution < -0.4 is 0 Å². The zero-order valence-corrected chi connectivity index (χ0v) is 10.1. The number of carbonyl (C=O) groups is 1. The third-order valence-electron chi connectivity index (χ3n) is 2.01. The molecule has 2 nitrogen and oxygen atoms in total. The molecule has 1 aromatic heterocycles. The minimum Gasteiger partial charge on any atom is -0.344 e. The van der Waals surface area contributed by atoms with Crippen molar-refractivity contribution in [2.24, 2.45) is 0 Å². The smallest absolute Gasteiger partial charge is 0.234 e. The van der Waals surface area contributed by atoms with Crippen molar-refractivity contribution in [2.75, 3.05) is 13.6 Å². The van der Waals surface area contributed by atoms with Gasteiger partial charge in [0, 0.05) is 18.5 Å². The van der Waals surface area contributed by atoms with Crippen LogP contribution in [0, 0.1) is 0 Å². The van der Waals surface area contributed by atoms with Crippen LogP contribution in [-0.2, 0) is 11.2 Å². The van der Waals surface area contributed by atoms with Gasteiger partial charge in [0.05, 0.1) is 5.25 Å². The van der Waals surface area contributed by atoms with E-state index in [1.165, 1.54) is 4.88 Å². The molecule has 0 aliphatic rings. The maximum atomic E-state index is 11.5. The molecule has 14 heavy (non-hydrogen) atoms. The third-order valence-corrected chi connectivity index (χ3v) is 3.16. The van der Waals surface area contributed by atoms with E-state index >= 15 is 0 Å². The van der Waals surface area contributed by atoms with Crippen molar-refractivity contribution in [2.45, 2.75) is 18.6 Å². The molecule has 0 aliphatic heterocycles. The highest BCUT2D eigenvalue weighted by Gasteiger charge is 2.12. The Morgan fingerprint density at radius 2 is 2.43 bits per heavy atom. The zero-order valence-electron chi connectivity index (χ0n) is 8.43. The summed E-state index contributed by atoms with van der Waals surface area (Å²) < 4.78 is 0. The molecule has 4 heteroatoms. The van der Waals surface area contributed by atoms with Crippen LogP contribution in [0.15, 0.2) is 17.5 Å². The average Bonchev–Trinajstić information content (AvgIpc) is 2.65. The second-order valence-corrected chi connectivity index (χ2v) is 5.07. The van der Waals surface area contributed by atoms with Gasteiger partial charge < -0.3 is 4.90 Å². The second-order valence-electron chi connectivity index (χ2n) is 3.27. The average molecular weight is 229 g/mol. The number of hydrogen-bond donors (Lipinski definition) is 1. The lowest BCUT2D eigenvalue weighted by Gasteiger charge is -2.18. The van der Waals surface area contributed by atoms with Crippen molar-refractivity contribution in [3.8, 4) is 0 Å². The monoisotopic (exact) mass is 229 g/mol. The summed E-state index contributed by atoms with van der Waals surface area (Å²) in [6.45, 7) is 2.57. The quantitative estimate of drug-likeness (QED) is 0.784. The predicted molar refractivity (Wildman–Crippen MR) is 64.1 cm³/mol. The summed E-state index contributed by atoms with van der Waals surface area (Å²) in [4.78, 5) is 14.5. The second kappa shape index (κ2) is 5.41. The van der Waals surface area contributed by atoms with Gasteiger partial charge in [-0.15, -0.1) is 11.3 Å². The summed E-state index contributed by atoms with van der Waals surface area (Å²) in [6, 6.07) is 4.12. The number of rotatable bonds is 4. The normalized spacial score (nSPS) is 12.5. The molecule has 78 valence electrons. The number of hydrogen-bond acceptors (Lipinski definition) is 3. The fourth-order valence-electron chi connectivity index (χ4n) is 1.16. The minimum atomic E-state index is -0.205. The van der Waals surface area contributed by atoms with Gasteiger partial charge in [0.15, 0.2) is 0 Å². The SMILES string of the molecule is CC(S)C(=O)N(C)CCc1cccs1. The highest BCUT2D eigenvalue weighted by Crippen LogP contribution is 2.10. The number of thiophene rings is 1. The lowest BCUT2D eigenvalue weighted by atomic mass is 10.3. The number of nitrogens with zero attached hydrogens (tertiary/aromatic N) is 1. The fraction of sp³-hybridized carbons (Fsp3) is 0.500. The Morgan fingerprint density at radius 1 is 1.71 bits per heavy atom. The molecule has 0 fully saturated rings. The van der Waals surface area contributed by atoms with Crippen molar-refractivity contribution < 1.29 is 4.79 Å². The van der Waals surface area contributed by atoms with Gasteiger partial charge in [-0.05, 0) is 24.8 Å². The van der Waals surface area contributed by atoms with Crippen LogP contribution in [0.3, 0.4) is 0 Å². The molecule has 0 spiro atoms. The first-order valence-corrected chi connectivity index (χ1v) is 5.96. The molecule has 0 radical (unpaired) electrons. The first kappa shape index (κ1) is 11.6. The number of carbonyl (C=O) groups excluding carboxylic acids is 1. The molecule has 1 rings (SSSR count). The van der Waals surface area contributed by atoms with Gasteiger partial charge in [0.25, 0.3) is 0 Å². The van der Waals surface area contributed by atoms with Crippen LogP contribution in [0.4, 0.5) is 0 Å². The van der Waals surface area contributed by atoms with E-state index in [2.05, 4.69) is 24.1 Å². The molecular weight excluding hydrogens is 214 g/mol. The van der Waals surface area contributed by atoms with Crippen LogP contribution >= 0.6 is 24.0 Å². The first-order chi connectivity index (χ1) is 6.61. The fourth-order valence-corrected chi connectivity index (χ4v) is 2.06. The Labute approximate surface area is 94.3 Å². The van der Waals surface area contributed by atoms with E-state index in [0.717, 1.165) is 13.0 Å². The summed E-state index contributed by atoms with van der Waals surface area (Å²) in [7, 11) is 1.82. The molecular formula is C10H15NOS2. The van der Waals surface area contributed by atoms with Crippen molar-refractivity contribution in [3.63, 3.8) is 0 Å². The molecule has 1 atom stereocenters. The summed E-state index contributed by atoms with van der Waals surface area (Å²) in [5.74, 6) is 0.0879. The van der Waals surface area contributed by atoms with Gasteiger partial charge in [-0.2, -0.15) is 12.6 Å². The Hall–Kier alpha value is -0.480. The van der Waals surface area contributed by atoms with E-state index in [1.54, 1.807) is 23.2 Å². The number of thiol groups is 1. The van der Waals surface area contributed by atoms with Gasteiger partial charge >= 0.3 is 0 Å². The van der Waals surface area contributed by atoms with Crippen LogP contribution in [0.5, 0.6) is 0 Å². The summed E-state index contributed by atoms with van der Waals surface area (Å²) in [6.07, 6.45) is 0.931. The standard InChI is InChI=1S/C10H15NOS2/c1-8(13)10(12)11(2)6-5-9-4-3-7-14-9/h3-4,7-8,13H,5-6H2,1-2H3. The maximum absolute atomic E-state index is 11.5. The predicted octanol–water partition coefficient (Wildman–Crippen LogP) is 2.07. The molecule has 0 bridgehead atoms. The van der Waals surface area contributed by atoms with Crippen molar-refractivity contribution in [3.05, 3.63) is 22.4 Å². The summed E-state index contributed by atoms with van der Waals surface area (Å²) >= 11 is 5.84. The Kier molecular flexibility index (Phi) is 4.48. The first-order valence-electron chi connectivity index (χ1n) is 4.56. The minimum absolute atomic E-state index is 0.0879. The molecule has 0 saturated heterocycles. The lowest BCUT2D eigenvalue weighted by molar-refractivity contribution is -0.128. The van der Waals surface area contributed by atoms with Crippen LogP contribution in [0.2, 0.25) is 0 Å². The number of amides is 1. The highest BCUT2D eigenvalue weighted by atomic mass is 32.1. The molecule has 1 aromatic rings. The van der Waals surface area contributed by atoms with Crippen molar-refractivity contribution >= 4 is 29.9 Å². The largest absolute Gasteiger partial charge is 0.344 e. The topological polar surface area (TPSA) is 20.3 Å². The number of likely N-dealkylation sites (N-methyl/N-ethyl adjacent to an activating group) is 1. The molecule has 1 amide bonds. The van der Waals surface area contributed by atoms with Gasteiger partial charge in [0.1, 0.15) is 0 Å². The Balaban J connectivity index is 2.35. The third kappa shape index (κ3) is 3.35. The maximum Gasteiger partial charge on any atom is 0.234 e. The van der Waals surface area contributed by atoms with Crippen molar-refractivity contribution in [1.82, 2.24) is 4.90 Å². The van der Waals surface area contributed by atoms with E-state index in [-0.39, 0.29) is 11.2 Å². The van der Waals surface area contributed by atoms with Crippen LogP contribution in [0.25, 0.3) is 0 Å². The molecule has 0 aliphatic carbocycles. The lowest BCUT2D eigenvalue weighted by Crippen LogP contribution is -2.33.